The second kappa shape index (κ2) is 5.71. The first-order chi connectivity index (χ1) is 8.55. The predicted octanol–water partition coefficient (Wildman–Crippen LogP) is 1.64. The van der Waals surface area contributed by atoms with E-state index in [-0.39, 0.29) is 0 Å². The molecule has 5 heteroatoms. The van der Waals surface area contributed by atoms with Crippen LogP contribution in [-0.2, 0) is 9.84 Å². The van der Waals surface area contributed by atoms with Gasteiger partial charge in [-0.2, -0.15) is 0 Å². The average Bonchev–Trinajstić information content (AvgIpc) is 2.57. The van der Waals surface area contributed by atoms with E-state index in [1.54, 1.807) is 18.2 Å². The Kier molecular flexibility index (Phi) is 4.24. The van der Waals surface area contributed by atoms with Gasteiger partial charge in [0.05, 0.1) is 4.90 Å². The van der Waals surface area contributed by atoms with E-state index in [9.17, 15) is 8.42 Å². The molecule has 1 aliphatic heterocycles. The number of sulfone groups is 1. The van der Waals surface area contributed by atoms with Gasteiger partial charge in [0, 0.05) is 18.0 Å². The lowest BCUT2D eigenvalue weighted by Crippen LogP contribution is -2.21. The standard InChI is InChI=1S/C13H20N2O2S/c1-18(16,17)13-6-2-4-12(10-13)15-11-5-3-8-14-9-7-11/h2,4,6,10-11,14-15H,3,5,7-9H2,1H3. The third-order valence-corrected chi connectivity index (χ3v) is 4.32. The second-order valence-corrected chi connectivity index (χ2v) is 6.84. The van der Waals surface area contributed by atoms with Gasteiger partial charge in [0.15, 0.2) is 9.84 Å². The quantitative estimate of drug-likeness (QED) is 0.875. The van der Waals surface area contributed by atoms with Crippen LogP contribution in [0.5, 0.6) is 0 Å². The summed E-state index contributed by atoms with van der Waals surface area (Å²) >= 11 is 0. The third-order valence-electron chi connectivity index (χ3n) is 3.21. The van der Waals surface area contributed by atoms with Crippen LogP contribution in [0.4, 0.5) is 5.69 Å². The van der Waals surface area contributed by atoms with E-state index >= 15 is 0 Å². The largest absolute Gasteiger partial charge is 0.382 e. The van der Waals surface area contributed by atoms with Crippen LogP contribution in [0.15, 0.2) is 29.2 Å². The van der Waals surface area contributed by atoms with Crippen LogP contribution in [-0.4, -0.2) is 33.8 Å². The highest BCUT2D eigenvalue weighted by Gasteiger charge is 2.13. The number of anilines is 1. The van der Waals surface area contributed by atoms with Gasteiger partial charge in [0.1, 0.15) is 0 Å². The zero-order valence-electron chi connectivity index (χ0n) is 10.6. The molecule has 2 rings (SSSR count). The molecular weight excluding hydrogens is 248 g/mol. The molecule has 1 fully saturated rings. The minimum atomic E-state index is -3.13. The maximum absolute atomic E-state index is 11.5. The van der Waals surface area contributed by atoms with E-state index in [0.29, 0.717) is 10.9 Å². The van der Waals surface area contributed by atoms with Crippen molar-refractivity contribution in [3.63, 3.8) is 0 Å². The van der Waals surface area contributed by atoms with Crippen molar-refractivity contribution in [3.8, 4) is 0 Å². The van der Waals surface area contributed by atoms with Crippen molar-refractivity contribution in [3.05, 3.63) is 24.3 Å². The molecule has 1 aliphatic rings. The first-order valence-electron chi connectivity index (χ1n) is 6.33. The number of nitrogens with one attached hydrogen (secondary N) is 2. The van der Waals surface area contributed by atoms with Crippen LogP contribution in [0.3, 0.4) is 0 Å². The molecule has 1 aromatic rings. The van der Waals surface area contributed by atoms with Gasteiger partial charge in [0.25, 0.3) is 0 Å². The number of rotatable bonds is 3. The van der Waals surface area contributed by atoms with E-state index in [4.69, 9.17) is 0 Å². The Hall–Kier alpha value is -1.07. The van der Waals surface area contributed by atoms with Crippen LogP contribution < -0.4 is 10.6 Å². The van der Waals surface area contributed by atoms with E-state index in [1.165, 1.54) is 6.26 Å². The lowest BCUT2D eigenvalue weighted by molar-refractivity contribution is 0.601. The van der Waals surface area contributed by atoms with Crippen molar-refractivity contribution in [2.45, 2.75) is 30.2 Å². The van der Waals surface area contributed by atoms with Crippen LogP contribution >= 0.6 is 0 Å². The molecule has 0 amide bonds. The highest BCUT2D eigenvalue weighted by molar-refractivity contribution is 7.90. The first kappa shape index (κ1) is 13.4. The summed E-state index contributed by atoms with van der Waals surface area (Å²) in [5.74, 6) is 0. The molecule has 0 bridgehead atoms. The number of benzene rings is 1. The molecule has 0 aromatic heterocycles. The Bertz CT molecular complexity index is 491. The highest BCUT2D eigenvalue weighted by atomic mass is 32.2. The molecular formula is C13H20N2O2S. The van der Waals surface area contributed by atoms with Gasteiger partial charge in [0.2, 0.25) is 0 Å². The molecule has 1 aromatic carbocycles. The molecule has 0 saturated carbocycles. The van der Waals surface area contributed by atoms with Crippen molar-refractivity contribution < 1.29 is 8.42 Å². The van der Waals surface area contributed by atoms with Crippen molar-refractivity contribution in [2.24, 2.45) is 0 Å². The molecule has 4 nitrogen and oxygen atoms in total. The van der Waals surface area contributed by atoms with Gasteiger partial charge in [-0.3, -0.25) is 0 Å². The van der Waals surface area contributed by atoms with Crippen LogP contribution in [0.1, 0.15) is 19.3 Å². The minimum Gasteiger partial charge on any atom is -0.382 e. The fourth-order valence-electron chi connectivity index (χ4n) is 2.22. The summed E-state index contributed by atoms with van der Waals surface area (Å²) in [5.41, 5.74) is 0.893. The van der Waals surface area contributed by atoms with Gasteiger partial charge >= 0.3 is 0 Å². The Morgan fingerprint density at radius 3 is 2.89 bits per heavy atom. The van der Waals surface area contributed by atoms with Gasteiger partial charge < -0.3 is 10.6 Å². The Morgan fingerprint density at radius 2 is 2.11 bits per heavy atom. The zero-order valence-corrected chi connectivity index (χ0v) is 11.5. The van der Waals surface area contributed by atoms with Crippen molar-refractivity contribution in [1.29, 1.82) is 0 Å². The fraction of sp³-hybridized carbons (Fsp3) is 0.538. The number of hydrogen-bond acceptors (Lipinski definition) is 4. The molecule has 0 spiro atoms. The Morgan fingerprint density at radius 1 is 1.28 bits per heavy atom. The highest BCUT2D eigenvalue weighted by Crippen LogP contribution is 2.18. The predicted molar refractivity (Wildman–Crippen MR) is 73.7 cm³/mol. The summed E-state index contributed by atoms with van der Waals surface area (Å²) in [6.45, 7) is 2.09. The van der Waals surface area contributed by atoms with E-state index in [2.05, 4.69) is 10.6 Å². The lowest BCUT2D eigenvalue weighted by atomic mass is 10.1. The maximum Gasteiger partial charge on any atom is 0.175 e. The first-order valence-corrected chi connectivity index (χ1v) is 8.22. The molecule has 18 heavy (non-hydrogen) atoms. The zero-order chi connectivity index (χ0) is 13.0. The summed E-state index contributed by atoms with van der Waals surface area (Å²) in [5, 5.41) is 6.79. The fourth-order valence-corrected chi connectivity index (χ4v) is 2.88. The Balaban J connectivity index is 2.09. The minimum absolute atomic E-state index is 0.374. The molecule has 1 saturated heterocycles. The molecule has 0 radical (unpaired) electrons. The maximum atomic E-state index is 11.5. The van der Waals surface area contributed by atoms with E-state index in [0.717, 1.165) is 38.0 Å². The topological polar surface area (TPSA) is 58.2 Å². The number of hydrogen-bond donors (Lipinski definition) is 2. The molecule has 100 valence electrons. The summed E-state index contributed by atoms with van der Waals surface area (Å²) in [4.78, 5) is 0.374. The summed E-state index contributed by atoms with van der Waals surface area (Å²) in [7, 11) is -3.13. The van der Waals surface area contributed by atoms with Gasteiger partial charge in [-0.25, -0.2) is 8.42 Å². The average molecular weight is 268 g/mol. The molecule has 0 aliphatic carbocycles. The molecule has 1 unspecified atom stereocenters. The molecule has 1 heterocycles. The molecule has 2 N–H and O–H groups in total. The monoisotopic (exact) mass is 268 g/mol. The normalized spacial score (nSPS) is 21.3. The van der Waals surface area contributed by atoms with Crippen LogP contribution in [0, 0.1) is 0 Å². The SMILES string of the molecule is CS(=O)(=O)c1cccc(NC2CCCNCC2)c1. The lowest BCUT2D eigenvalue weighted by Gasteiger charge is -2.17. The van der Waals surface area contributed by atoms with E-state index in [1.807, 2.05) is 6.07 Å². The van der Waals surface area contributed by atoms with Gasteiger partial charge in [-0.1, -0.05) is 6.07 Å². The van der Waals surface area contributed by atoms with Gasteiger partial charge in [-0.15, -0.1) is 0 Å². The van der Waals surface area contributed by atoms with Crippen molar-refractivity contribution >= 4 is 15.5 Å². The van der Waals surface area contributed by atoms with Crippen molar-refractivity contribution in [1.82, 2.24) is 5.32 Å². The third kappa shape index (κ3) is 3.71. The second-order valence-electron chi connectivity index (χ2n) is 4.82. The summed E-state index contributed by atoms with van der Waals surface area (Å²) in [6, 6.07) is 7.48. The van der Waals surface area contributed by atoms with Gasteiger partial charge in [-0.05, 0) is 50.6 Å². The smallest absolute Gasteiger partial charge is 0.175 e. The Labute approximate surface area is 109 Å². The van der Waals surface area contributed by atoms with E-state index < -0.39 is 9.84 Å². The summed E-state index contributed by atoms with van der Waals surface area (Å²) in [6.07, 6.45) is 4.59. The summed E-state index contributed by atoms with van der Waals surface area (Å²) < 4.78 is 23.0. The van der Waals surface area contributed by atoms with Crippen molar-refractivity contribution in [2.75, 3.05) is 24.7 Å². The molecule has 1 atom stereocenters. The van der Waals surface area contributed by atoms with Crippen LogP contribution in [0.2, 0.25) is 0 Å². The van der Waals surface area contributed by atoms with Crippen LogP contribution in [0.25, 0.3) is 0 Å².